The largest absolute Gasteiger partial charge is 0.497 e. The van der Waals surface area contributed by atoms with Crippen LogP contribution in [0.1, 0.15) is 23.7 Å². The molecule has 162 valence electrons. The lowest BCUT2D eigenvalue weighted by Gasteiger charge is -2.29. The lowest BCUT2D eigenvalue weighted by molar-refractivity contribution is 0.0254. The molecule has 1 fully saturated rings. The summed E-state index contributed by atoms with van der Waals surface area (Å²) in [7, 11) is 1.69. The van der Waals surface area contributed by atoms with Gasteiger partial charge in [0.2, 0.25) is 0 Å². The molecule has 1 atom stereocenters. The van der Waals surface area contributed by atoms with Crippen molar-refractivity contribution in [3.05, 3.63) is 59.7 Å². The SMILES string of the molecule is COc1ccc(N2CCNCC2)cc1.Cl.Cl.OCCC1OCCc2ccccc21. The lowest BCUT2D eigenvalue weighted by atomic mass is 9.96. The number of anilines is 1. The van der Waals surface area contributed by atoms with Gasteiger partial charge in [0.05, 0.1) is 19.8 Å². The Morgan fingerprint density at radius 1 is 1.07 bits per heavy atom. The molecule has 2 aromatic rings. The van der Waals surface area contributed by atoms with Gasteiger partial charge in [-0.2, -0.15) is 0 Å². The fraction of sp³-hybridized carbons (Fsp3) is 0.455. The summed E-state index contributed by atoms with van der Waals surface area (Å²) in [6.07, 6.45) is 1.81. The van der Waals surface area contributed by atoms with E-state index in [0.29, 0.717) is 6.42 Å². The number of hydrogen-bond donors (Lipinski definition) is 2. The predicted molar refractivity (Wildman–Crippen MR) is 123 cm³/mol. The summed E-state index contributed by atoms with van der Waals surface area (Å²) in [6, 6.07) is 16.6. The smallest absolute Gasteiger partial charge is 0.119 e. The van der Waals surface area contributed by atoms with E-state index in [0.717, 1.165) is 45.0 Å². The average Bonchev–Trinajstić information content (AvgIpc) is 2.75. The van der Waals surface area contributed by atoms with Gasteiger partial charge < -0.3 is 24.8 Å². The first-order chi connectivity index (χ1) is 13.3. The third kappa shape index (κ3) is 7.36. The van der Waals surface area contributed by atoms with Gasteiger partial charge in [0.15, 0.2) is 0 Å². The number of piperazine rings is 1. The molecule has 1 saturated heterocycles. The minimum Gasteiger partial charge on any atom is -0.497 e. The standard InChI is InChI=1S/C11H16N2O.C11H14O2.2ClH/c1-14-11-4-2-10(3-5-11)13-8-6-12-7-9-13;12-7-5-11-10-4-2-1-3-9(10)6-8-13-11;;/h2-5,12H,6-9H2,1H3;1-4,11-12H,5-8H2;2*1H. The van der Waals surface area contributed by atoms with Gasteiger partial charge in [0.25, 0.3) is 0 Å². The van der Waals surface area contributed by atoms with Crippen molar-refractivity contribution >= 4 is 30.5 Å². The molecule has 0 bridgehead atoms. The third-order valence-corrected chi connectivity index (χ3v) is 5.04. The van der Waals surface area contributed by atoms with Gasteiger partial charge in [0.1, 0.15) is 5.75 Å². The molecule has 0 aromatic heterocycles. The van der Waals surface area contributed by atoms with Crippen LogP contribution in [0.4, 0.5) is 5.69 Å². The average molecular weight is 443 g/mol. The summed E-state index contributed by atoms with van der Waals surface area (Å²) in [5, 5.41) is 12.2. The summed E-state index contributed by atoms with van der Waals surface area (Å²) in [5.41, 5.74) is 3.90. The molecular weight excluding hydrogens is 411 g/mol. The molecule has 5 nitrogen and oxygen atoms in total. The molecule has 0 spiro atoms. The predicted octanol–water partition coefficient (Wildman–Crippen LogP) is 3.63. The van der Waals surface area contributed by atoms with E-state index in [2.05, 4.69) is 40.5 Å². The van der Waals surface area contributed by atoms with E-state index < -0.39 is 0 Å². The Morgan fingerprint density at radius 2 is 1.76 bits per heavy atom. The number of rotatable bonds is 4. The van der Waals surface area contributed by atoms with Crippen molar-refractivity contribution in [3.63, 3.8) is 0 Å². The maximum Gasteiger partial charge on any atom is 0.119 e. The minimum atomic E-state index is 0. The topological polar surface area (TPSA) is 54.0 Å². The second kappa shape index (κ2) is 13.7. The van der Waals surface area contributed by atoms with E-state index >= 15 is 0 Å². The Hall–Kier alpha value is -1.50. The van der Waals surface area contributed by atoms with Crippen LogP contribution in [0.25, 0.3) is 0 Å². The Bertz CT molecular complexity index is 695. The van der Waals surface area contributed by atoms with Crippen molar-refractivity contribution in [2.45, 2.75) is 18.9 Å². The summed E-state index contributed by atoms with van der Waals surface area (Å²) in [4.78, 5) is 2.38. The van der Waals surface area contributed by atoms with E-state index in [1.54, 1.807) is 7.11 Å². The van der Waals surface area contributed by atoms with Gasteiger partial charge in [-0.05, 0) is 41.8 Å². The first kappa shape index (κ1) is 25.5. The maximum atomic E-state index is 8.86. The zero-order valence-electron chi connectivity index (χ0n) is 16.9. The van der Waals surface area contributed by atoms with Crippen LogP contribution in [0.15, 0.2) is 48.5 Å². The van der Waals surface area contributed by atoms with E-state index in [-0.39, 0.29) is 37.5 Å². The van der Waals surface area contributed by atoms with Crippen molar-refractivity contribution in [2.24, 2.45) is 0 Å². The van der Waals surface area contributed by atoms with Crippen molar-refractivity contribution in [1.29, 1.82) is 0 Å². The summed E-state index contributed by atoms with van der Waals surface area (Å²) >= 11 is 0. The Kier molecular flexibility index (Phi) is 12.0. The first-order valence-corrected chi connectivity index (χ1v) is 9.72. The lowest BCUT2D eigenvalue weighted by Crippen LogP contribution is -2.43. The fourth-order valence-electron chi connectivity index (χ4n) is 3.55. The molecule has 4 rings (SSSR count). The Balaban J connectivity index is 0.000000272. The molecule has 0 radical (unpaired) electrons. The molecule has 2 aromatic carbocycles. The van der Waals surface area contributed by atoms with Gasteiger partial charge in [-0.3, -0.25) is 0 Å². The summed E-state index contributed by atoms with van der Waals surface area (Å²) in [5.74, 6) is 0.920. The fourth-order valence-corrected chi connectivity index (χ4v) is 3.55. The van der Waals surface area contributed by atoms with Gasteiger partial charge in [0, 0.05) is 44.9 Å². The number of ether oxygens (including phenoxy) is 2. The highest BCUT2D eigenvalue weighted by atomic mass is 35.5. The van der Waals surface area contributed by atoms with Crippen LogP contribution >= 0.6 is 24.8 Å². The van der Waals surface area contributed by atoms with Gasteiger partial charge in [-0.25, -0.2) is 0 Å². The number of halogens is 2. The zero-order valence-corrected chi connectivity index (χ0v) is 18.5. The number of methoxy groups -OCH3 is 1. The number of benzene rings is 2. The molecule has 2 heterocycles. The van der Waals surface area contributed by atoms with E-state index in [1.807, 2.05) is 18.2 Å². The number of aliphatic hydroxyl groups excluding tert-OH is 1. The van der Waals surface area contributed by atoms with Crippen LogP contribution < -0.4 is 15.0 Å². The number of fused-ring (bicyclic) bond motifs is 1. The minimum absolute atomic E-state index is 0. The van der Waals surface area contributed by atoms with Crippen LogP contribution in [0.2, 0.25) is 0 Å². The molecular formula is C22H32Cl2N2O3. The van der Waals surface area contributed by atoms with Crippen LogP contribution in [0.3, 0.4) is 0 Å². The number of nitrogens with zero attached hydrogens (tertiary/aromatic N) is 1. The zero-order chi connectivity index (χ0) is 18.9. The molecule has 2 aliphatic rings. The number of aliphatic hydroxyl groups is 1. The molecule has 29 heavy (non-hydrogen) atoms. The highest BCUT2D eigenvalue weighted by Crippen LogP contribution is 2.28. The van der Waals surface area contributed by atoms with E-state index in [1.165, 1.54) is 16.8 Å². The van der Waals surface area contributed by atoms with Crippen LogP contribution in [0.5, 0.6) is 5.75 Å². The van der Waals surface area contributed by atoms with Crippen molar-refractivity contribution in [2.75, 3.05) is 51.4 Å². The highest BCUT2D eigenvalue weighted by molar-refractivity contribution is 5.85. The van der Waals surface area contributed by atoms with Crippen molar-refractivity contribution in [1.82, 2.24) is 5.32 Å². The van der Waals surface area contributed by atoms with Crippen molar-refractivity contribution in [3.8, 4) is 5.75 Å². The van der Waals surface area contributed by atoms with Crippen LogP contribution in [-0.4, -0.2) is 51.6 Å². The van der Waals surface area contributed by atoms with Gasteiger partial charge >= 0.3 is 0 Å². The third-order valence-electron chi connectivity index (χ3n) is 5.04. The Labute approximate surface area is 186 Å². The van der Waals surface area contributed by atoms with Crippen LogP contribution in [-0.2, 0) is 11.2 Å². The second-order valence-corrected chi connectivity index (χ2v) is 6.76. The molecule has 0 amide bonds. The van der Waals surface area contributed by atoms with Crippen LogP contribution in [0, 0.1) is 0 Å². The molecule has 7 heteroatoms. The highest BCUT2D eigenvalue weighted by Gasteiger charge is 2.19. The molecule has 1 unspecified atom stereocenters. The monoisotopic (exact) mass is 442 g/mol. The molecule has 2 N–H and O–H groups in total. The summed E-state index contributed by atoms with van der Waals surface area (Å²) < 4.78 is 10.7. The number of nitrogens with one attached hydrogen (secondary N) is 1. The van der Waals surface area contributed by atoms with Gasteiger partial charge in [-0.1, -0.05) is 24.3 Å². The maximum absolute atomic E-state index is 8.86. The second-order valence-electron chi connectivity index (χ2n) is 6.76. The Morgan fingerprint density at radius 3 is 2.41 bits per heavy atom. The van der Waals surface area contributed by atoms with E-state index in [9.17, 15) is 0 Å². The molecule has 0 saturated carbocycles. The first-order valence-electron chi connectivity index (χ1n) is 9.72. The summed E-state index contributed by atoms with van der Waals surface area (Å²) in [6.45, 7) is 5.30. The quantitative estimate of drug-likeness (QED) is 0.756. The van der Waals surface area contributed by atoms with E-state index in [4.69, 9.17) is 14.6 Å². The normalized spacial score (nSPS) is 17.6. The van der Waals surface area contributed by atoms with Gasteiger partial charge in [-0.15, -0.1) is 24.8 Å². The van der Waals surface area contributed by atoms with Crippen molar-refractivity contribution < 1.29 is 14.6 Å². The molecule has 0 aliphatic carbocycles. The number of hydrogen-bond acceptors (Lipinski definition) is 5. The molecule has 2 aliphatic heterocycles.